The lowest BCUT2D eigenvalue weighted by molar-refractivity contribution is -0.121. The lowest BCUT2D eigenvalue weighted by Crippen LogP contribution is -2.52. The molecule has 0 bridgehead atoms. The number of hydrogen-bond donors (Lipinski definition) is 2. The molecule has 4 nitrogen and oxygen atoms in total. The van der Waals surface area contributed by atoms with Crippen LogP contribution >= 0.6 is 0 Å². The molecule has 0 aromatic heterocycles. The van der Waals surface area contributed by atoms with Gasteiger partial charge in [0.05, 0.1) is 6.04 Å². The third-order valence-electron chi connectivity index (χ3n) is 4.43. The average molecular weight is 317 g/mol. The highest BCUT2D eigenvalue weighted by Gasteiger charge is 2.28. The van der Waals surface area contributed by atoms with Crippen molar-refractivity contribution in [2.75, 3.05) is 24.5 Å². The van der Waals surface area contributed by atoms with Gasteiger partial charge in [0, 0.05) is 18.3 Å². The molecule has 1 aromatic carbocycles. The maximum atomic E-state index is 13.1. The van der Waals surface area contributed by atoms with E-state index in [9.17, 15) is 4.79 Å². The van der Waals surface area contributed by atoms with E-state index in [1.807, 2.05) is 42.2 Å². The normalized spacial score (nSPS) is 17.2. The van der Waals surface area contributed by atoms with Gasteiger partial charge in [-0.25, -0.2) is 0 Å². The number of nitrogens with zero attached hydrogens (tertiary/aromatic N) is 1. The molecule has 1 atom stereocenters. The number of carbonyl (C=O) groups excluding carboxylic acids is 1. The average Bonchev–Trinajstić information content (AvgIpc) is 2.56. The standard InChI is InChI=1S/C19H31N3O/c1-4-22(17-8-6-5-7-9-17)19(23)18(14-15(2)3)21-16-10-12-20-13-11-16/h5-9,15-16,18,20-21H,4,10-14H2,1-3H3/t18-/m0/s1. The summed E-state index contributed by atoms with van der Waals surface area (Å²) >= 11 is 0. The molecular formula is C19H31N3O. The van der Waals surface area contributed by atoms with E-state index >= 15 is 0 Å². The predicted molar refractivity (Wildman–Crippen MR) is 96.7 cm³/mol. The highest BCUT2D eigenvalue weighted by Crippen LogP contribution is 2.18. The molecule has 2 N–H and O–H groups in total. The van der Waals surface area contributed by atoms with Crippen LogP contribution in [0.4, 0.5) is 5.69 Å². The molecule has 0 saturated carbocycles. The fourth-order valence-corrected chi connectivity index (χ4v) is 3.25. The molecule has 0 unspecified atom stereocenters. The van der Waals surface area contributed by atoms with Gasteiger partial charge in [0.2, 0.25) is 5.91 Å². The van der Waals surface area contributed by atoms with Crippen LogP contribution in [-0.4, -0.2) is 37.6 Å². The molecular weight excluding hydrogens is 286 g/mol. The Bertz CT molecular complexity index is 469. The number of hydrogen-bond acceptors (Lipinski definition) is 3. The van der Waals surface area contributed by atoms with Crippen molar-refractivity contribution in [2.45, 2.75) is 52.1 Å². The van der Waals surface area contributed by atoms with Crippen LogP contribution in [0.15, 0.2) is 30.3 Å². The van der Waals surface area contributed by atoms with E-state index < -0.39 is 0 Å². The van der Waals surface area contributed by atoms with Gasteiger partial charge in [-0.1, -0.05) is 32.0 Å². The zero-order valence-corrected chi connectivity index (χ0v) is 14.7. The molecule has 0 spiro atoms. The molecule has 1 aliphatic heterocycles. The van der Waals surface area contributed by atoms with Crippen LogP contribution in [-0.2, 0) is 4.79 Å². The first-order chi connectivity index (χ1) is 11.1. The Morgan fingerprint density at radius 2 is 1.91 bits per heavy atom. The van der Waals surface area contributed by atoms with Crippen LogP contribution < -0.4 is 15.5 Å². The van der Waals surface area contributed by atoms with Crippen molar-refractivity contribution < 1.29 is 4.79 Å². The van der Waals surface area contributed by atoms with Crippen LogP contribution in [0.5, 0.6) is 0 Å². The Kier molecular flexibility index (Phi) is 7.06. The van der Waals surface area contributed by atoms with Gasteiger partial charge in [0.25, 0.3) is 0 Å². The summed E-state index contributed by atoms with van der Waals surface area (Å²) in [6.45, 7) is 9.19. The molecule has 2 rings (SSSR count). The van der Waals surface area contributed by atoms with Crippen molar-refractivity contribution in [3.05, 3.63) is 30.3 Å². The minimum absolute atomic E-state index is 0.0988. The van der Waals surface area contributed by atoms with Crippen LogP contribution in [0.2, 0.25) is 0 Å². The number of para-hydroxylation sites is 1. The van der Waals surface area contributed by atoms with Crippen molar-refractivity contribution >= 4 is 11.6 Å². The van der Waals surface area contributed by atoms with E-state index in [1.165, 1.54) is 0 Å². The van der Waals surface area contributed by atoms with Crippen LogP contribution in [0, 0.1) is 5.92 Å². The summed E-state index contributed by atoms with van der Waals surface area (Å²) < 4.78 is 0. The molecule has 1 saturated heterocycles. The molecule has 1 aromatic rings. The Hall–Kier alpha value is -1.39. The number of nitrogens with one attached hydrogen (secondary N) is 2. The number of carbonyl (C=O) groups is 1. The number of anilines is 1. The first-order valence-electron chi connectivity index (χ1n) is 8.95. The zero-order valence-electron chi connectivity index (χ0n) is 14.7. The van der Waals surface area contributed by atoms with Crippen molar-refractivity contribution in [1.29, 1.82) is 0 Å². The van der Waals surface area contributed by atoms with Gasteiger partial charge in [0.15, 0.2) is 0 Å². The van der Waals surface area contributed by atoms with E-state index in [0.717, 1.165) is 38.0 Å². The number of amides is 1. The topological polar surface area (TPSA) is 44.4 Å². The minimum atomic E-state index is -0.0988. The molecule has 1 amide bonds. The molecule has 1 heterocycles. The quantitative estimate of drug-likeness (QED) is 0.813. The van der Waals surface area contributed by atoms with Gasteiger partial charge in [-0.2, -0.15) is 0 Å². The number of piperidine rings is 1. The molecule has 1 fully saturated rings. The maximum absolute atomic E-state index is 13.1. The molecule has 128 valence electrons. The smallest absolute Gasteiger partial charge is 0.244 e. The lowest BCUT2D eigenvalue weighted by Gasteiger charge is -2.32. The van der Waals surface area contributed by atoms with Gasteiger partial charge in [-0.05, 0) is 57.3 Å². The summed E-state index contributed by atoms with van der Waals surface area (Å²) in [5, 5.41) is 7.02. The third kappa shape index (κ3) is 5.33. The number of benzene rings is 1. The van der Waals surface area contributed by atoms with Gasteiger partial charge < -0.3 is 15.5 Å². The first-order valence-corrected chi connectivity index (χ1v) is 8.95. The van der Waals surface area contributed by atoms with Crippen molar-refractivity contribution in [3.63, 3.8) is 0 Å². The van der Waals surface area contributed by atoms with Crippen LogP contribution in [0.25, 0.3) is 0 Å². The molecule has 4 heteroatoms. The fourth-order valence-electron chi connectivity index (χ4n) is 3.25. The molecule has 0 radical (unpaired) electrons. The Labute approximate surface area is 140 Å². The van der Waals surface area contributed by atoms with Gasteiger partial charge in [0.1, 0.15) is 0 Å². The first kappa shape index (κ1) is 18.0. The largest absolute Gasteiger partial charge is 0.317 e. The van der Waals surface area contributed by atoms with Gasteiger partial charge in [-0.15, -0.1) is 0 Å². The van der Waals surface area contributed by atoms with E-state index in [4.69, 9.17) is 0 Å². The van der Waals surface area contributed by atoms with Crippen molar-refractivity contribution in [2.24, 2.45) is 5.92 Å². The second-order valence-corrected chi connectivity index (χ2v) is 6.79. The van der Waals surface area contributed by atoms with Crippen molar-refractivity contribution in [1.82, 2.24) is 10.6 Å². The van der Waals surface area contributed by atoms with Gasteiger partial charge in [-0.3, -0.25) is 4.79 Å². The minimum Gasteiger partial charge on any atom is -0.317 e. The highest BCUT2D eigenvalue weighted by atomic mass is 16.2. The zero-order chi connectivity index (χ0) is 16.7. The Balaban J connectivity index is 2.10. The molecule has 23 heavy (non-hydrogen) atoms. The van der Waals surface area contributed by atoms with E-state index in [2.05, 4.69) is 24.5 Å². The van der Waals surface area contributed by atoms with Crippen LogP contribution in [0.3, 0.4) is 0 Å². The second kappa shape index (κ2) is 9.04. The predicted octanol–water partition coefficient (Wildman–Crippen LogP) is 2.80. The lowest BCUT2D eigenvalue weighted by atomic mass is 9.99. The maximum Gasteiger partial charge on any atom is 0.244 e. The molecule has 1 aliphatic rings. The molecule has 0 aliphatic carbocycles. The summed E-state index contributed by atoms with van der Waals surface area (Å²) in [7, 11) is 0. The fraction of sp³-hybridized carbons (Fsp3) is 0.632. The second-order valence-electron chi connectivity index (χ2n) is 6.79. The van der Waals surface area contributed by atoms with E-state index in [1.54, 1.807) is 0 Å². The third-order valence-corrected chi connectivity index (χ3v) is 4.43. The van der Waals surface area contributed by atoms with E-state index in [0.29, 0.717) is 18.5 Å². The SMILES string of the molecule is CCN(C(=O)[C@H](CC(C)C)NC1CCNCC1)c1ccccc1. The summed E-state index contributed by atoms with van der Waals surface area (Å²) in [5.74, 6) is 0.693. The summed E-state index contributed by atoms with van der Waals surface area (Å²) in [6.07, 6.45) is 3.07. The Morgan fingerprint density at radius 3 is 2.48 bits per heavy atom. The summed E-state index contributed by atoms with van der Waals surface area (Å²) in [5.41, 5.74) is 0.987. The Morgan fingerprint density at radius 1 is 1.26 bits per heavy atom. The highest BCUT2D eigenvalue weighted by molar-refractivity contribution is 5.97. The van der Waals surface area contributed by atoms with Gasteiger partial charge >= 0.3 is 0 Å². The monoisotopic (exact) mass is 317 g/mol. The van der Waals surface area contributed by atoms with Crippen LogP contribution in [0.1, 0.15) is 40.0 Å². The number of likely N-dealkylation sites (N-methyl/N-ethyl adjacent to an activating group) is 1. The summed E-state index contributed by atoms with van der Waals surface area (Å²) in [6, 6.07) is 10.3. The number of rotatable bonds is 7. The van der Waals surface area contributed by atoms with E-state index in [-0.39, 0.29) is 11.9 Å². The van der Waals surface area contributed by atoms with Crippen molar-refractivity contribution in [3.8, 4) is 0 Å². The summed E-state index contributed by atoms with van der Waals surface area (Å²) in [4.78, 5) is 15.0.